The highest BCUT2D eigenvalue weighted by molar-refractivity contribution is 7.12. The predicted octanol–water partition coefficient (Wildman–Crippen LogP) is 5.90. The van der Waals surface area contributed by atoms with Crippen molar-refractivity contribution in [1.29, 1.82) is 0 Å². The second-order valence-electron chi connectivity index (χ2n) is 5.30. The Morgan fingerprint density at radius 2 is 1.47 bits per heavy atom. The maximum atomic E-state index is 2.35. The average Bonchev–Trinajstić information content (AvgIpc) is 2.71. The van der Waals surface area contributed by atoms with Crippen LogP contribution in [0.5, 0.6) is 0 Å². The first-order chi connectivity index (χ1) is 8.11. The van der Waals surface area contributed by atoms with Crippen molar-refractivity contribution in [3.8, 4) is 0 Å². The Morgan fingerprint density at radius 1 is 0.882 bits per heavy atom. The van der Waals surface area contributed by atoms with Gasteiger partial charge in [-0.25, -0.2) is 0 Å². The van der Waals surface area contributed by atoms with E-state index in [0.717, 1.165) is 0 Å². The van der Waals surface area contributed by atoms with Crippen LogP contribution in [0.4, 0.5) is 0 Å². The lowest BCUT2D eigenvalue weighted by Crippen LogP contribution is -2.03. The molecular weight excluding hydrogens is 224 g/mol. The van der Waals surface area contributed by atoms with Crippen LogP contribution in [0, 0.1) is 0 Å². The molecule has 0 amide bonds. The molecule has 0 atom stereocenters. The molecule has 0 nitrogen and oxygen atoms in total. The first-order valence-electron chi connectivity index (χ1n) is 7.25. The van der Waals surface area contributed by atoms with Gasteiger partial charge in [-0.15, -0.1) is 11.3 Å². The highest BCUT2D eigenvalue weighted by Gasteiger charge is 2.23. The maximum Gasteiger partial charge on any atom is 0.0111 e. The Balaban J connectivity index is 0.000000686. The van der Waals surface area contributed by atoms with E-state index in [2.05, 4.69) is 39.0 Å². The Labute approximate surface area is 111 Å². The third kappa shape index (κ3) is 3.13. The quantitative estimate of drug-likeness (QED) is 0.614. The van der Waals surface area contributed by atoms with Crippen LogP contribution in [-0.2, 0) is 12.8 Å². The van der Waals surface area contributed by atoms with Crippen molar-refractivity contribution in [1.82, 2.24) is 0 Å². The third-order valence-corrected chi connectivity index (χ3v) is 4.95. The van der Waals surface area contributed by atoms with Gasteiger partial charge in [0.1, 0.15) is 0 Å². The van der Waals surface area contributed by atoms with Gasteiger partial charge in [-0.1, -0.05) is 41.5 Å². The molecule has 0 aromatic carbocycles. The summed E-state index contributed by atoms with van der Waals surface area (Å²) in [5.41, 5.74) is 3.43. The number of hydrogen-bond acceptors (Lipinski definition) is 1. The summed E-state index contributed by atoms with van der Waals surface area (Å²) >= 11 is 2.10. The number of rotatable bonds is 2. The molecule has 0 bridgehead atoms. The fraction of sp³-hybridized carbons (Fsp3) is 0.750. The zero-order valence-electron chi connectivity index (χ0n) is 12.4. The van der Waals surface area contributed by atoms with E-state index in [4.69, 9.17) is 0 Å². The molecule has 0 saturated heterocycles. The highest BCUT2D eigenvalue weighted by atomic mass is 32.1. The van der Waals surface area contributed by atoms with Gasteiger partial charge in [0.2, 0.25) is 0 Å². The standard InChI is InChI=1S/C14H22S.C2H6/c1-9(2)13-11-7-5-6-8-12(11)15-14(13)10(3)4;1-2/h9-10H,5-8H2,1-4H3;1-2H3. The van der Waals surface area contributed by atoms with E-state index in [9.17, 15) is 0 Å². The van der Waals surface area contributed by atoms with Gasteiger partial charge in [-0.3, -0.25) is 0 Å². The molecule has 2 rings (SSSR count). The SMILES string of the molecule is CC.CC(C)c1sc2c(c1C(C)C)CCCC2. The third-order valence-electron chi connectivity index (χ3n) is 3.34. The maximum absolute atomic E-state index is 2.35. The van der Waals surface area contributed by atoms with Crippen LogP contribution in [0.3, 0.4) is 0 Å². The number of fused-ring (bicyclic) bond motifs is 1. The molecule has 0 spiro atoms. The molecule has 0 N–H and O–H groups in total. The normalized spacial score (nSPS) is 14.6. The number of hydrogen-bond donors (Lipinski definition) is 0. The Kier molecular flexibility index (Phi) is 5.72. The van der Waals surface area contributed by atoms with Crippen molar-refractivity contribution in [2.75, 3.05) is 0 Å². The zero-order valence-corrected chi connectivity index (χ0v) is 13.2. The van der Waals surface area contributed by atoms with Gasteiger partial charge in [0, 0.05) is 9.75 Å². The van der Waals surface area contributed by atoms with Crippen molar-refractivity contribution in [3.05, 3.63) is 20.9 Å². The Bertz CT molecular complexity index is 345. The van der Waals surface area contributed by atoms with Gasteiger partial charge in [-0.2, -0.15) is 0 Å². The van der Waals surface area contributed by atoms with E-state index in [1.165, 1.54) is 25.7 Å². The molecule has 17 heavy (non-hydrogen) atoms. The Hall–Kier alpha value is -0.300. The van der Waals surface area contributed by atoms with Crippen molar-refractivity contribution in [2.45, 2.75) is 79.1 Å². The van der Waals surface area contributed by atoms with Crippen molar-refractivity contribution in [3.63, 3.8) is 0 Å². The van der Waals surface area contributed by atoms with Gasteiger partial charge in [0.25, 0.3) is 0 Å². The van der Waals surface area contributed by atoms with Gasteiger partial charge in [0.15, 0.2) is 0 Å². The van der Waals surface area contributed by atoms with Crippen LogP contribution in [0.15, 0.2) is 0 Å². The summed E-state index contributed by atoms with van der Waals surface area (Å²) < 4.78 is 0. The molecule has 0 aliphatic heterocycles. The predicted molar refractivity (Wildman–Crippen MR) is 80.5 cm³/mol. The van der Waals surface area contributed by atoms with Crippen molar-refractivity contribution in [2.24, 2.45) is 0 Å². The molecule has 1 heteroatoms. The molecule has 0 saturated carbocycles. The monoisotopic (exact) mass is 252 g/mol. The lowest BCUT2D eigenvalue weighted by Gasteiger charge is -2.16. The molecule has 1 aromatic rings. The topological polar surface area (TPSA) is 0 Å². The number of aryl methyl sites for hydroxylation is 1. The molecule has 1 aliphatic carbocycles. The molecule has 1 aliphatic rings. The van der Waals surface area contributed by atoms with Gasteiger partial charge >= 0.3 is 0 Å². The second kappa shape index (κ2) is 6.58. The summed E-state index contributed by atoms with van der Waals surface area (Å²) in [5, 5.41) is 0. The molecular formula is C16H28S. The lowest BCUT2D eigenvalue weighted by molar-refractivity contribution is 0.680. The van der Waals surface area contributed by atoms with E-state index in [0.29, 0.717) is 11.8 Å². The van der Waals surface area contributed by atoms with E-state index in [1.54, 1.807) is 20.9 Å². The van der Waals surface area contributed by atoms with E-state index >= 15 is 0 Å². The fourth-order valence-electron chi connectivity index (χ4n) is 2.67. The summed E-state index contributed by atoms with van der Waals surface area (Å²) in [6, 6.07) is 0. The first kappa shape index (κ1) is 14.8. The second-order valence-corrected chi connectivity index (χ2v) is 6.43. The summed E-state index contributed by atoms with van der Waals surface area (Å²) in [7, 11) is 0. The van der Waals surface area contributed by atoms with Crippen molar-refractivity contribution < 1.29 is 0 Å². The minimum absolute atomic E-state index is 0.706. The largest absolute Gasteiger partial charge is 0.145 e. The molecule has 98 valence electrons. The van der Waals surface area contributed by atoms with E-state index in [1.807, 2.05) is 13.8 Å². The van der Waals surface area contributed by atoms with Crippen LogP contribution < -0.4 is 0 Å². The zero-order chi connectivity index (χ0) is 13.0. The summed E-state index contributed by atoms with van der Waals surface area (Å²) in [5.74, 6) is 1.42. The highest BCUT2D eigenvalue weighted by Crippen LogP contribution is 2.41. The molecule has 1 heterocycles. The minimum Gasteiger partial charge on any atom is -0.145 e. The van der Waals surface area contributed by atoms with E-state index < -0.39 is 0 Å². The summed E-state index contributed by atoms with van der Waals surface area (Å²) in [6.45, 7) is 13.4. The first-order valence-corrected chi connectivity index (χ1v) is 8.07. The number of thiophene rings is 1. The van der Waals surface area contributed by atoms with Gasteiger partial charge < -0.3 is 0 Å². The molecule has 0 unspecified atom stereocenters. The summed E-state index contributed by atoms with van der Waals surface area (Å²) in [6.07, 6.45) is 5.49. The van der Waals surface area contributed by atoms with Crippen LogP contribution in [0.25, 0.3) is 0 Å². The molecule has 1 aromatic heterocycles. The fourth-order valence-corrected chi connectivity index (χ4v) is 4.23. The summed E-state index contributed by atoms with van der Waals surface area (Å²) in [4.78, 5) is 3.37. The minimum atomic E-state index is 0.706. The van der Waals surface area contributed by atoms with E-state index in [-0.39, 0.29) is 0 Å². The lowest BCUT2D eigenvalue weighted by atomic mass is 9.88. The van der Waals surface area contributed by atoms with Gasteiger partial charge in [-0.05, 0) is 48.6 Å². The Morgan fingerprint density at radius 3 is 2.00 bits per heavy atom. The van der Waals surface area contributed by atoms with Gasteiger partial charge in [0.05, 0.1) is 0 Å². The molecule has 0 fully saturated rings. The van der Waals surface area contributed by atoms with Crippen LogP contribution in [0.2, 0.25) is 0 Å². The average molecular weight is 252 g/mol. The van der Waals surface area contributed by atoms with Crippen molar-refractivity contribution >= 4 is 11.3 Å². The van der Waals surface area contributed by atoms with Crippen LogP contribution in [0.1, 0.15) is 87.1 Å². The van der Waals surface area contributed by atoms with Crippen LogP contribution >= 0.6 is 11.3 Å². The molecule has 0 radical (unpaired) electrons. The smallest absolute Gasteiger partial charge is 0.0111 e. The van der Waals surface area contributed by atoms with Crippen LogP contribution in [-0.4, -0.2) is 0 Å².